The van der Waals surface area contributed by atoms with Crippen LogP contribution in [0, 0.1) is 0 Å². The van der Waals surface area contributed by atoms with Gasteiger partial charge >= 0.3 is 6.16 Å². The molecule has 0 radical (unpaired) electrons. The van der Waals surface area contributed by atoms with Crippen molar-refractivity contribution < 1.29 is 24.7 Å². The van der Waals surface area contributed by atoms with E-state index in [1.807, 2.05) is 0 Å². The zero-order chi connectivity index (χ0) is 8.81. The molecule has 0 unspecified atom stereocenters. The van der Waals surface area contributed by atoms with Gasteiger partial charge < -0.3 is 5.11 Å². The van der Waals surface area contributed by atoms with E-state index in [1.54, 1.807) is 30.3 Å². The number of hydrogen-bond acceptors (Lipinski definition) is 4. The van der Waals surface area contributed by atoms with Gasteiger partial charge in [0, 0.05) is 5.04 Å². The summed E-state index contributed by atoms with van der Waals surface area (Å²) in [5, 5.41) is 11.8. The molecule has 12 heavy (non-hydrogen) atoms. The van der Waals surface area contributed by atoms with E-state index >= 15 is 0 Å². The summed E-state index contributed by atoms with van der Waals surface area (Å²) < 4.78 is 0. The van der Waals surface area contributed by atoms with E-state index < -0.39 is 6.16 Å². The predicted octanol–water partition coefficient (Wildman–Crippen LogP) is 1.61. The lowest BCUT2D eigenvalue weighted by molar-refractivity contribution is -0.434. The molecule has 0 aromatic heterocycles. The van der Waals surface area contributed by atoms with Crippen molar-refractivity contribution in [3.8, 4) is 5.75 Å². The normalized spacial score (nSPS) is 9.00. The number of benzene rings is 1. The maximum Gasteiger partial charge on any atom is 0.540 e. The summed E-state index contributed by atoms with van der Waals surface area (Å²) in [4.78, 5) is 17.8. The van der Waals surface area contributed by atoms with Gasteiger partial charge in [-0.1, -0.05) is 18.2 Å². The molecule has 0 spiro atoms. The van der Waals surface area contributed by atoms with Crippen LogP contribution < -0.4 is 4.89 Å². The summed E-state index contributed by atoms with van der Waals surface area (Å²) in [5.41, 5.74) is 0. The number of para-hydroxylation sites is 1. The molecule has 0 atom stereocenters. The fourth-order valence-corrected chi connectivity index (χ4v) is 0.561. The maximum atomic E-state index is 9.76. The van der Waals surface area contributed by atoms with Crippen molar-refractivity contribution in [2.75, 3.05) is 0 Å². The van der Waals surface area contributed by atoms with Crippen LogP contribution in [0.5, 0.6) is 5.75 Å². The minimum absolute atomic E-state index is 0.360. The van der Waals surface area contributed by atoms with Crippen LogP contribution in [0.1, 0.15) is 0 Å². The van der Waals surface area contributed by atoms with Crippen molar-refractivity contribution in [2.45, 2.75) is 0 Å². The molecule has 0 aliphatic carbocycles. The van der Waals surface area contributed by atoms with Crippen LogP contribution >= 0.6 is 0 Å². The Bertz CT molecular complexity index is 245. The van der Waals surface area contributed by atoms with Crippen LogP contribution in [-0.4, -0.2) is 11.3 Å². The monoisotopic (exact) mass is 170 g/mol. The number of rotatable bonds is 3. The topological polar surface area (TPSA) is 65.0 Å². The number of carbonyl (C=O) groups is 1. The molecule has 1 aromatic rings. The Hall–Kier alpha value is -1.75. The Balaban J connectivity index is 2.29. The predicted molar refractivity (Wildman–Crippen MR) is 37.3 cm³/mol. The minimum Gasteiger partial charge on any atom is -0.448 e. The van der Waals surface area contributed by atoms with Crippen LogP contribution in [0.4, 0.5) is 4.79 Å². The minimum atomic E-state index is -1.56. The molecule has 0 aliphatic heterocycles. The van der Waals surface area contributed by atoms with E-state index in [2.05, 4.69) is 14.8 Å². The Morgan fingerprint density at radius 3 is 2.50 bits per heavy atom. The molecule has 0 aliphatic rings. The first kappa shape index (κ1) is 8.35. The molecule has 1 N–H and O–H groups in total. The molecule has 0 fully saturated rings. The second-order valence-corrected chi connectivity index (χ2v) is 1.81. The van der Waals surface area contributed by atoms with E-state index in [-0.39, 0.29) is 0 Å². The molecule has 0 saturated heterocycles. The lowest BCUT2D eigenvalue weighted by Gasteiger charge is -1.98. The third kappa shape index (κ3) is 2.89. The van der Waals surface area contributed by atoms with E-state index in [0.29, 0.717) is 5.75 Å². The average molecular weight is 170 g/mol. The van der Waals surface area contributed by atoms with Gasteiger partial charge in [-0.25, -0.2) is 9.68 Å². The molecule has 5 nitrogen and oxygen atoms in total. The smallest absolute Gasteiger partial charge is 0.448 e. The van der Waals surface area contributed by atoms with Crippen molar-refractivity contribution in [3.63, 3.8) is 0 Å². The molecule has 0 saturated carbocycles. The van der Waals surface area contributed by atoms with E-state index in [9.17, 15) is 4.79 Å². The van der Waals surface area contributed by atoms with Gasteiger partial charge in [-0.3, -0.25) is 4.89 Å². The summed E-state index contributed by atoms with van der Waals surface area (Å²) in [6.45, 7) is 0. The van der Waals surface area contributed by atoms with E-state index in [4.69, 9.17) is 5.11 Å². The van der Waals surface area contributed by atoms with Crippen molar-refractivity contribution in [2.24, 2.45) is 0 Å². The number of hydrogen-bond donors (Lipinski definition) is 1. The molecule has 5 heteroatoms. The van der Waals surface area contributed by atoms with Gasteiger partial charge in [0.25, 0.3) is 0 Å². The third-order valence-corrected chi connectivity index (χ3v) is 0.979. The van der Waals surface area contributed by atoms with E-state index in [0.717, 1.165) is 0 Å². The molecular formula is C7H6O5. The highest BCUT2D eigenvalue weighted by molar-refractivity contribution is 5.55. The van der Waals surface area contributed by atoms with Gasteiger partial charge in [0.05, 0.1) is 0 Å². The van der Waals surface area contributed by atoms with Gasteiger partial charge in [0.2, 0.25) is 0 Å². The zero-order valence-corrected chi connectivity index (χ0v) is 5.97. The maximum absolute atomic E-state index is 9.76. The van der Waals surface area contributed by atoms with Crippen molar-refractivity contribution in [1.82, 2.24) is 0 Å². The Kier molecular flexibility index (Phi) is 2.92. The molecule has 64 valence electrons. The first-order chi connectivity index (χ1) is 5.79. The first-order valence-electron chi connectivity index (χ1n) is 3.08. The average Bonchev–Trinajstić information content (AvgIpc) is 2.05. The molecular weight excluding hydrogens is 164 g/mol. The molecule has 1 rings (SSSR count). The van der Waals surface area contributed by atoms with Crippen molar-refractivity contribution >= 4 is 6.16 Å². The number of carboxylic acid groups (broad SMARTS) is 1. The van der Waals surface area contributed by atoms with Gasteiger partial charge in [-0.2, -0.15) is 0 Å². The SMILES string of the molecule is O=C(O)OOOc1ccccc1. The standard InChI is InChI=1S/C7H6O5/c8-7(9)11-12-10-6-4-2-1-3-5-6/h1-5H,(H,8,9). The Morgan fingerprint density at radius 2 is 1.92 bits per heavy atom. The fourth-order valence-electron chi connectivity index (χ4n) is 0.561. The Labute approximate surface area is 68.0 Å². The molecule has 0 heterocycles. The molecule has 0 bridgehead atoms. The van der Waals surface area contributed by atoms with Crippen LogP contribution in [0.3, 0.4) is 0 Å². The highest BCUT2D eigenvalue weighted by Gasteiger charge is 1.98. The zero-order valence-electron chi connectivity index (χ0n) is 5.97. The van der Waals surface area contributed by atoms with Gasteiger partial charge in [-0.15, -0.1) is 0 Å². The van der Waals surface area contributed by atoms with Crippen LogP contribution in [0.15, 0.2) is 30.3 Å². The Morgan fingerprint density at radius 1 is 1.25 bits per heavy atom. The second-order valence-electron chi connectivity index (χ2n) is 1.81. The second kappa shape index (κ2) is 4.20. The highest BCUT2D eigenvalue weighted by Crippen LogP contribution is 2.08. The van der Waals surface area contributed by atoms with Gasteiger partial charge in [-0.05, 0) is 12.1 Å². The van der Waals surface area contributed by atoms with Crippen LogP contribution in [-0.2, 0) is 9.93 Å². The lowest BCUT2D eigenvalue weighted by Crippen LogP contribution is -2.04. The van der Waals surface area contributed by atoms with E-state index in [1.165, 1.54) is 0 Å². The van der Waals surface area contributed by atoms with Gasteiger partial charge in [0.1, 0.15) is 0 Å². The summed E-state index contributed by atoms with van der Waals surface area (Å²) in [6, 6.07) is 8.38. The quantitative estimate of drug-likeness (QED) is 0.551. The third-order valence-electron chi connectivity index (χ3n) is 0.979. The van der Waals surface area contributed by atoms with Crippen molar-refractivity contribution in [1.29, 1.82) is 0 Å². The summed E-state index contributed by atoms with van der Waals surface area (Å²) in [6.07, 6.45) is -1.56. The molecule has 1 aromatic carbocycles. The van der Waals surface area contributed by atoms with Gasteiger partial charge in [0.15, 0.2) is 5.75 Å². The van der Waals surface area contributed by atoms with Crippen LogP contribution in [0.2, 0.25) is 0 Å². The summed E-state index contributed by atoms with van der Waals surface area (Å²) in [5.74, 6) is 0.360. The molecule has 0 amide bonds. The van der Waals surface area contributed by atoms with Crippen molar-refractivity contribution in [3.05, 3.63) is 30.3 Å². The summed E-state index contributed by atoms with van der Waals surface area (Å²) >= 11 is 0. The van der Waals surface area contributed by atoms with Crippen LogP contribution in [0.25, 0.3) is 0 Å². The lowest BCUT2D eigenvalue weighted by atomic mass is 10.3. The first-order valence-corrected chi connectivity index (χ1v) is 3.08. The highest BCUT2D eigenvalue weighted by atomic mass is 17.5. The fraction of sp³-hybridized carbons (Fsp3) is 0. The largest absolute Gasteiger partial charge is 0.540 e. The summed E-state index contributed by atoms with van der Waals surface area (Å²) in [7, 11) is 0.